The first-order chi connectivity index (χ1) is 9.17. The van der Waals surface area contributed by atoms with Crippen molar-refractivity contribution in [2.75, 3.05) is 12.8 Å². The zero-order chi connectivity index (χ0) is 13.8. The van der Waals surface area contributed by atoms with Crippen molar-refractivity contribution in [2.24, 2.45) is 5.84 Å². The molecule has 5 nitrogen and oxygen atoms in total. The summed E-state index contributed by atoms with van der Waals surface area (Å²) in [5.41, 5.74) is 11.7. The predicted molar refractivity (Wildman–Crippen MR) is 75.5 cm³/mol. The van der Waals surface area contributed by atoms with E-state index in [0.29, 0.717) is 5.82 Å². The highest BCUT2D eigenvalue weighted by atomic mass is 16.5. The van der Waals surface area contributed by atoms with Crippen LogP contribution in [0.15, 0.2) is 36.5 Å². The predicted octanol–water partition coefficient (Wildman–Crippen LogP) is 1.53. The molecule has 2 rings (SSSR count). The number of pyridine rings is 1. The van der Waals surface area contributed by atoms with Gasteiger partial charge in [0.05, 0.1) is 13.2 Å². The lowest BCUT2D eigenvalue weighted by atomic mass is 9.96. The Balaban J connectivity index is 2.44. The number of benzene rings is 1. The molecule has 5 heteroatoms. The van der Waals surface area contributed by atoms with E-state index < -0.39 is 0 Å². The highest BCUT2D eigenvalue weighted by Crippen LogP contribution is 2.28. The molecule has 1 atom stereocenters. The number of hydrogen-bond donors (Lipinski definition) is 3. The Morgan fingerprint density at radius 1 is 1.21 bits per heavy atom. The number of hydrazine groups is 1. The topological polar surface area (TPSA) is 86.2 Å². The molecule has 0 aliphatic carbocycles. The van der Waals surface area contributed by atoms with Gasteiger partial charge in [0.15, 0.2) is 0 Å². The van der Waals surface area contributed by atoms with Gasteiger partial charge in [-0.1, -0.05) is 12.1 Å². The zero-order valence-corrected chi connectivity index (χ0v) is 11.1. The summed E-state index contributed by atoms with van der Waals surface area (Å²) >= 11 is 0. The van der Waals surface area contributed by atoms with Crippen molar-refractivity contribution in [1.29, 1.82) is 0 Å². The van der Waals surface area contributed by atoms with Gasteiger partial charge in [-0.2, -0.15) is 0 Å². The lowest BCUT2D eigenvalue weighted by Crippen LogP contribution is -2.30. The van der Waals surface area contributed by atoms with Crippen molar-refractivity contribution in [3.63, 3.8) is 0 Å². The minimum Gasteiger partial charge on any atom is -0.497 e. The van der Waals surface area contributed by atoms with Gasteiger partial charge in [-0.05, 0) is 36.2 Å². The molecular weight excluding hydrogens is 240 g/mol. The van der Waals surface area contributed by atoms with E-state index in [1.54, 1.807) is 13.3 Å². The average Bonchev–Trinajstić information content (AvgIpc) is 2.43. The van der Waals surface area contributed by atoms with E-state index in [2.05, 4.69) is 10.4 Å². The largest absolute Gasteiger partial charge is 0.497 e. The summed E-state index contributed by atoms with van der Waals surface area (Å²) in [6.45, 7) is 1.99. The van der Waals surface area contributed by atoms with Crippen LogP contribution in [0.1, 0.15) is 22.7 Å². The average molecular weight is 258 g/mol. The summed E-state index contributed by atoms with van der Waals surface area (Å²) in [5, 5.41) is 0. The Bertz CT molecular complexity index is 534. The number of hydrogen-bond acceptors (Lipinski definition) is 5. The van der Waals surface area contributed by atoms with E-state index in [0.717, 1.165) is 22.4 Å². The van der Waals surface area contributed by atoms with Crippen LogP contribution >= 0.6 is 0 Å². The van der Waals surface area contributed by atoms with Crippen LogP contribution in [0.25, 0.3) is 0 Å². The maximum Gasteiger partial charge on any atom is 0.128 e. The van der Waals surface area contributed by atoms with Crippen molar-refractivity contribution in [3.8, 4) is 5.75 Å². The van der Waals surface area contributed by atoms with Gasteiger partial charge >= 0.3 is 0 Å². The minimum absolute atomic E-state index is 0.195. The Kier molecular flexibility index (Phi) is 3.99. The lowest BCUT2D eigenvalue weighted by Gasteiger charge is -2.20. The standard InChI is InChI=1S/C14H18N4O/c1-9-7-8-17-14(15)12(9)13(18-16)10-3-5-11(19-2)6-4-10/h3-8,13,18H,16H2,1-2H3,(H2,15,17). The molecule has 5 N–H and O–H groups in total. The van der Waals surface area contributed by atoms with E-state index in [-0.39, 0.29) is 6.04 Å². The highest BCUT2D eigenvalue weighted by molar-refractivity contribution is 5.50. The van der Waals surface area contributed by atoms with E-state index in [9.17, 15) is 0 Å². The molecule has 1 aromatic carbocycles. The third kappa shape index (κ3) is 2.67. The number of nitrogen functional groups attached to an aromatic ring is 1. The van der Waals surface area contributed by atoms with E-state index >= 15 is 0 Å². The van der Waals surface area contributed by atoms with Crippen molar-refractivity contribution in [1.82, 2.24) is 10.4 Å². The molecule has 0 aliphatic rings. The van der Waals surface area contributed by atoms with E-state index in [1.165, 1.54) is 0 Å². The number of aryl methyl sites for hydroxylation is 1. The summed E-state index contributed by atoms with van der Waals surface area (Å²) in [6.07, 6.45) is 1.69. The molecule has 1 aromatic heterocycles. The molecule has 2 aromatic rings. The maximum absolute atomic E-state index is 5.96. The number of methoxy groups -OCH3 is 1. The fourth-order valence-corrected chi connectivity index (χ4v) is 2.11. The van der Waals surface area contributed by atoms with Gasteiger partial charge in [0, 0.05) is 11.8 Å². The number of rotatable bonds is 4. The molecular formula is C14H18N4O. The molecule has 0 fully saturated rings. The van der Waals surface area contributed by atoms with Crippen LogP contribution in [-0.4, -0.2) is 12.1 Å². The first kappa shape index (κ1) is 13.3. The van der Waals surface area contributed by atoms with Crippen LogP contribution in [0.5, 0.6) is 5.75 Å². The highest BCUT2D eigenvalue weighted by Gasteiger charge is 2.18. The van der Waals surface area contributed by atoms with Crippen molar-refractivity contribution < 1.29 is 4.74 Å². The monoisotopic (exact) mass is 258 g/mol. The van der Waals surface area contributed by atoms with Gasteiger partial charge in [0.1, 0.15) is 11.6 Å². The summed E-state index contributed by atoms with van der Waals surface area (Å²) in [4.78, 5) is 4.13. The smallest absolute Gasteiger partial charge is 0.128 e. The number of aromatic nitrogens is 1. The Morgan fingerprint density at radius 3 is 2.42 bits per heavy atom. The van der Waals surface area contributed by atoms with Crippen LogP contribution in [0, 0.1) is 6.92 Å². The molecule has 0 radical (unpaired) electrons. The number of anilines is 1. The van der Waals surface area contributed by atoms with Gasteiger partial charge < -0.3 is 10.5 Å². The van der Waals surface area contributed by atoms with Crippen molar-refractivity contribution in [3.05, 3.63) is 53.2 Å². The normalized spacial score (nSPS) is 12.2. The molecule has 19 heavy (non-hydrogen) atoms. The van der Waals surface area contributed by atoms with Gasteiger partial charge in [-0.3, -0.25) is 5.84 Å². The second-order valence-corrected chi connectivity index (χ2v) is 4.30. The molecule has 1 heterocycles. The molecule has 0 saturated carbocycles. The SMILES string of the molecule is COc1ccc(C(NN)c2c(C)ccnc2N)cc1. The first-order valence-corrected chi connectivity index (χ1v) is 5.98. The summed E-state index contributed by atoms with van der Waals surface area (Å²) in [6, 6.07) is 9.41. The van der Waals surface area contributed by atoms with Gasteiger partial charge in [0.25, 0.3) is 0 Å². The minimum atomic E-state index is -0.195. The van der Waals surface area contributed by atoms with Crippen LogP contribution < -0.4 is 21.7 Å². The fourth-order valence-electron chi connectivity index (χ4n) is 2.11. The number of ether oxygens (including phenoxy) is 1. The second-order valence-electron chi connectivity index (χ2n) is 4.30. The van der Waals surface area contributed by atoms with Crippen LogP contribution in [-0.2, 0) is 0 Å². The summed E-state index contributed by atoms with van der Waals surface area (Å²) in [5.74, 6) is 6.97. The molecule has 100 valence electrons. The maximum atomic E-state index is 5.96. The quantitative estimate of drug-likeness (QED) is 0.572. The Labute approximate surface area is 112 Å². The van der Waals surface area contributed by atoms with Gasteiger partial charge in [0.2, 0.25) is 0 Å². The third-order valence-electron chi connectivity index (χ3n) is 3.14. The fraction of sp³-hybridized carbons (Fsp3) is 0.214. The van der Waals surface area contributed by atoms with E-state index in [1.807, 2.05) is 37.3 Å². The van der Waals surface area contributed by atoms with Gasteiger partial charge in [-0.15, -0.1) is 0 Å². The molecule has 0 amide bonds. The molecule has 0 spiro atoms. The molecule has 1 unspecified atom stereocenters. The van der Waals surface area contributed by atoms with Crippen LogP contribution in [0.3, 0.4) is 0 Å². The second kappa shape index (κ2) is 5.69. The first-order valence-electron chi connectivity index (χ1n) is 5.98. The molecule has 0 saturated heterocycles. The summed E-state index contributed by atoms with van der Waals surface area (Å²) in [7, 11) is 1.64. The van der Waals surface area contributed by atoms with E-state index in [4.69, 9.17) is 16.3 Å². The molecule has 0 aliphatic heterocycles. The lowest BCUT2D eigenvalue weighted by molar-refractivity contribution is 0.414. The number of nitrogens with zero attached hydrogens (tertiary/aromatic N) is 1. The Morgan fingerprint density at radius 2 is 1.89 bits per heavy atom. The Hall–Kier alpha value is -2.11. The van der Waals surface area contributed by atoms with Crippen LogP contribution in [0.2, 0.25) is 0 Å². The van der Waals surface area contributed by atoms with Crippen molar-refractivity contribution in [2.45, 2.75) is 13.0 Å². The molecule has 0 bridgehead atoms. The van der Waals surface area contributed by atoms with Crippen molar-refractivity contribution >= 4 is 5.82 Å². The number of nitrogens with two attached hydrogens (primary N) is 2. The number of nitrogens with one attached hydrogen (secondary N) is 1. The summed E-state index contributed by atoms with van der Waals surface area (Å²) < 4.78 is 5.15. The zero-order valence-electron chi connectivity index (χ0n) is 11.1. The van der Waals surface area contributed by atoms with Crippen LogP contribution in [0.4, 0.5) is 5.82 Å². The van der Waals surface area contributed by atoms with Gasteiger partial charge in [-0.25, -0.2) is 10.4 Å². The third-order valence-corrected chi connectivity index (χ3v) is 3.14.